The van der Waals surface area contributed by atoms with Crippen molar-refractivity contribution in [3.63, 3.8) is 0 Å². The van der Waals surface area contributed by atoms with Crippen LogP contribution in [-0.4, -0.2) is 25.2 Å². The quantitative estimate of drug-likeness (QED) is 0.745. The molecule has 0 spiro atoms. The van der Waals surface area contributed by atoms with Crippen molar-refractivity contribution < 1.29 is 14.3 Å². The fourth-order valence-electron chi connectivity index (χ4n) is 2.36. The van der Waals surface area contributed by atoms with Gasteiger partial charge >= 0.3 is 0 Å². The number of ether oxygens (including phenoxy) is 2. The van der Waals surface area contributed by atoms with Gasteiger partial charge in [0.05, 0.1) is 25.3 Å². The van der Waals surface area contributed by atoms with Crippen LogP contribution in [0, 0.1) is 5.92 Å². The summed E-state index contributed by atoms with van der Waals surface area (Å²) < 4.78 is 11.1. The minimum atomic E-state index is -0.0587. The third-order valence-electron chi connectivity index (χ3n) is 3.79. The highest BCUT2D eigenvalue weighted by Crippen LogP contribution is 2.33. The molecule has 1 aromatic carbocycles. The van der Waals surface area contributed by atoms with Crippen LogP contribution in [0.3, 0.4) is 0 Å². The van der Waals surface area contributed by atoms with Crippen LogP contribution in [0.2, 0.25) is 0 Å². The zero-order valence-corrected chi connectivity index (χ0v) is 13.0. The highest BCUT2D eigenvalue weighted by molar-refractivity contribution is 6.11. The Kier molecular flexibility index (Phi) is 5.37. The number of Topliss-reactive ketones (excluding diaryl/α,β-unsaturated/α-hetero) is 1. The molecule has 0 radical (unpaired) electrons. The first-order valence-electron chi connectivity index (χ1n) is 7.56. The minimum Gasteiger partial charge on any atom is -0.493 e. The third-order valence-corrected chi connectivity index (χ3v) is 3.79. The van der Waals surface area contributed by atoms with Crippen LogP contribution >= 0.6 is 0 Å². The molecule has 0 aliphatic heterocycles. The lowest BCUT2D eigenvalue weighted by Gasteiger charge is -2.11. The molecule has 1 aliphatic carbocycles. The number of carbonyl (C=O) groups is 1. The summed E-state index contributed by atoms with van der Waals surface area (Å²) in [5.41, 5.74) is 1.78. The van der Waals surface area contributed by atoms with Gasteiger partial charge in [-0.1, -0.05) is 20.3 Å². The number of methoxy groups -OCH3 is 1. The van der Waals surface area contributed by atoms with Crippen molar-refractivity contribution in [1.82, 2.24) is 0 Å². The maximum Gasteiger partial charge on any atom is 0.163 e. The van der Waals surface area contributed by atoms with Crippen LogP contribution < -0.4 is 9.47 Å². The minimum absolute atomic E-state index is 0.0587. The molecule has 4 heteroatoms. The lowest BCUT2D eigenvalue weighted by Crippen LogP contribution is -2.09. The van der Waals surface area contributed by atoms with E-state index in [1.54, 1.807) is 7.11 Å². The molecule has 0 aromatic heterocycles. The van der Waals surface area contributed by atoms with E-state index in [1.165, 1.54) is 0 Å². The number of aliphatic imine (C=N–C) groups is 1. The summed E-state index contributed by atoms with van der Waals surface area (Å²) in [6, 6.07) is 5.65. The van der Waals surface area contributed by atoms with Crippen LogP contribution in [0.25, 0.3) is 0 Å². The Morgan fingerprint density at radius 2 is 2.10 bits per heavy atom. The number of rotatable bonds is 6. The van der Waals surface area contributed by atoms with Crippen LogP contribution in [0.1, 0.15) is 39.5 Å². The van der Waals surface area contributed by atoms with E-state index in [4.69, 9.17) is 9.47 Å². The van der Waals surface area contributed by atoms with Crippen LogP contribution in [0.15, 0.2) is 23.2 Å². The summed E-state index contributed by atoms with van der Waals surface area (Å²) in [5.74, 6) is 1.65. The normalized spacial score (nSPS) is 20.0. The average Bonchev–Trinajstić information content (AvgIpc) is 2.80. The average molecular weight is 289 g/mol. The maximum atomic E-state index is 11.6. The van der Waals surface area contributed by atoms with Crippen molar-refractivity contribution in [2.75, 3.05) is 13.7 Å². The molecule has 1 fully saturated rings. The molecule has 0 N–H and O–H groups in total. The van der Waals surface area contributed by atoms with E-state index in [9.17, 15) is 4.79 Å². The first-order chi connectivity index (χ1) is 10.2. The highest BCUT2D eigenvalue weighted by atomic mass is 16.5. The predicted molar refractivity (Wildman–Crippen MR) is 83.9 cm³/mol. The molecule has 0 saturated heterocycles. The van der Waals surface area contributed by atoms with Gasteiger partial charge in [0.1, 0.15) is 5.78 Å². The first-order valence-corrected chi connectivity index (χ1v) is 7.56. The van der Waals surface area contributed by atoms with Crippen molar-refractivity contribution in [2.24, 2.45) is 10.9 Å². The molecule has 0 amide bonds. The van der Waals surface area contributed by atoms with Gasteiger partial charge in [0.25, 0.3) is 0 Å². The van der Waals surface area contributed by atoms with Gasteiger partial charge in [-0.3, -0.25) is 9.79 Å². The maximum absolute atomic E-state index is 11.6. The molecule has 2 rings (SSSR count). The van der Waals surface area contributed by atoms with E-state index >= 15 is 0 Å². The number of nitrogens with zero attached hydrogens (tertiary/aromatic N) is 1. The Morgan fingerprint density at radius 1 is 1.29 bits per heavy atom. The summed E-state index contributed by atoms with van der Waals surface area (Å²) >= 11 is 0. The van der Waals surface area contributed by atoms with E-state index in [-0.39, 0.29) is 11.7 Å². The lowest BCUT2D eigenvalue weighted by molar-refractivity contribution is -0.119. The first kappa shape index (κ1) is 15.5. The van der Waals surface area contributed by atoms with E-state index in [1.807, 2.05) is 25.1 Å². The fraction of sp³-hybridized carbons (Fsp3) is 0.529. The van der Waals surface area contributed by atoms with Gasteiger partial charge in [0, 0.05) is 18.2 Å². The fourth-order valence-corrected chi connectivity index (χ4v) is 2.36. The second-order valence-corrected chi connectivity index (χ2v) is 5.33. The van der Waals surface area contributed by atoms with Crippen LogP contribution in [0.4, 0.5) is 5.69 Å². The molecule has 1 unspecified atom stereocenters. The van der Waals surface area contributed by atoms with Gasteiger partial charge in [-0.25, -0.2) is 0 Å². The topological polar surface area (TPSA) is 47.9 Å². The van der Waals surface area contributed by atoms with Gasteiger partial charge in [-0.05, 0) is 25.0 Å². The van der Waals surface area contributed by atoms with E-state index < -0.39 is 0 Å². The van der Waals surface area contributed by atoms with Crippen molar-refractivity contribution >= 4 is 17.2 Å². The highest BCUT2D eigenvalue weighted by Gasteiger charge is 2.26. The molecule has 4 nitrogen and oxygen atoms in total. The number of hydrogen-bond acceptors (Lipinski definition) is 4. The Bertz CT molecular complexity index is 537. The summed E-state index contributed by atoms with van der Waals surface area (Å²) in [4.78, 5) is 16.2. The molecule has 1 aromatic rings. The molecule has 1 atom stereocenters. The van der Waals surface area contributed by atoms with Gasteiger partial charge in [-0.2, -0.15) is 0 Å². The molecule has 1 saturated carbocycles. The Balaban J connectivity index is 2.19. The summed E-state index contributed by atoms with van der Waals surface area (Å²) in [7, 11) is 1.63. The van der Waals surface area contributed by atoms with Gasteiger partial charge in [-0.15, -0.1) is 0 Å². The second-order valence-electron chi connectivity index (χ2n) is 5.33. The van der Waals surface area contributed by atoms with Crippen molar-refractivity contribution in [3.8, 4) is 11.5 Å². The lowest BCUT2D eigenvalue weighted by atomic mass is 10.1. The second kappa shape index (κ2) is 7.25. The Hall–Kier alpha value is -1.84. The smallest absolute Gasteiger partial charge is 0.163 e. The van der Waals surface area contributed by atoms with Crippen LogP contribution in [-0.2, 0) is 4.79 Å². The standard InChI is InChI=1S/C17H23NO3/c1-4-5-10-21-17-11-13(6-9-16(17)20-3)18-14-7-8-15(19)12(14)2/h6,9,11-12H,4-5,7-8,10H2,1-3H3. The van der Waals surface area contributed by atoms with E-state index in [0.29, 0.717) is 24.5 Å². The monoisotopic (exact) mass is 289 g/mol. The van der Waals surface area contributed by atoms with E-state index in [2.05, 4.69) is 11.9 Å². The number of benzene rings is 1. The molecule has 114 valence electrons. The molecule has 21 heavy (non-hydrogen) atoms. The molecule has 0 bridgehead atoms. The summed E-state index contributed by atoms with van der Waals surface area (Å²) in [6.45, 7) is 4.72. The molecule has 1 aliphatic rings. The third kappa shape index (κ3) is 3.84. The Labute approximate surface area is 126 Å². The van der Waals surface area contributed by atoms with Crippen molar-refractivity contribution in [3.05, 3.63) is 18.2 Å². The zero-order valence-electron chi connectivity index (χ0n) is 13.0. The number of carbonyl (C=O) groups excluding carboxylic acids is 1. The van der Waals surface area contributed by atoms with Crippen molar-refractivity contribution in [1.29, 1.82) is 0 Å². The van der Waals surface area contributed by atoms with Crippen molar-refractivity contribution in [2.45, 2.75) is 39.5 Å². The van der Waals surface area contributed by atoms with E-state index in [0.717, 1.165) is 30.7 Å². The zero-order chi connectivity index (χ0) is 15.2. The molecular weight excluding hydrogens is 266 g/mol. The molecule has 0 heterocycles. The number of ketones is 1. The van der Waals surface area contributed by atoms with Crippen LogP contribution in [0.5, 0.6) is 11.5 Å². The van der Waals surface area contributed by atoms with Gasteiger partial charge in [0.15, 0.2) is 11.5 Å². The van der Waals surface area contributed by atoms with Gasteiger partial charge in [0.2, 0.25) is 0 Å². The number of hydrogen-bond donors (Lipinski definition) is 0. The summed E-state index contributed by atoms with van der Waals surface area (Å²) in [5, 5.41) is 0. The predicted octanol–water partition coefficient (Wildman–Crippen LogP) is 3.95. The number of unbranched alkanes of at least 4 members (excludes halogenated alkanes) is 1. The van der Waals surface area contributed by atoms with Gasteiger partial charge < -0.3 is 9.47 Å². The molecular formula is C17H23NO3. The Morgan fingerprint density at radius 3 is 2.71 bits per heavy atom. The SMILES string of the molecule is CCCCOc1cc(N=C2CCC(=O)C2C)ccc1OC. The summed E-state index contributed by atoms with van der Waals surface area (Å²) in [6.07, 6.45) is 3.46. The largest absolute Gasteiger partial charge is 0.493 e.